The lowest BCUT2D eigenvalue weighted by molar-refractivity contribution is -0.147. The molecule has 4 rings (SSSR count). The van der Waals surface area contributed by atoms with Gasteiger partial charge in [-0.1, -0.05) is 23.9 Å². The number of β-lactam (4-membered cyclic amide) rings is 1. The molecule has 124 valence electrons. The maximum Gasteiger partial charge on any atom is 0.352 e. The molecule has 2 aromatic rings. The van der Waals surface area contributed by atoms with E-state index < -0.39 is 12.0 Å². The third-order valence-corrected chi connectivity index (χ3v) is 7.56. The Labute approximate surface area is 150 Å². The molecule has 1 fully saturated rings. The number of hydrogen-bond donors (Lipinski definition) is 2. The Morgan fingerprint density at radius 3 is 3.00 bits per heavy atom. The highest BCUT2D eigenvalue weighted by molar-refractivity contribution is 8.02. The van der Waals surface area contributed by atoms with E-state index in [0.29, 0.717) is 11.5 Å². The molecule has 1 unspecified atom stereocenters. The molecule has 3 N–H and O–H groups in total. The first-order chi connectivity index (χ1) is 11.6. The van der Waals surface area contributed by atoms with E-state index in [1.54, 1.807) is 11.3 Å². The first-order valence-corrected chi connectivity index (χ1v) is 10.1. The molecule has 9 heteroatoms. The summed E-state index contributed by atoms with van der Waals surface area (Å²) in [6, 6.07) is 7.29. The van der Waals surface area contributed by atoms with Crippen molar-refractivity contribution in [2.75, 3.05) is 11.5 Å². The fourth-order valence-electron chi connectivity index (χ4n) is 2.75. The number of thiazole rings is 1. The maximum absolute atomic E-state index is 11.9. The Balaban J connectivity index is 1.58. The number of carbonyl (C=O) groups is 2. The Bertz CT molecular complexity index is 846. The minimum Gasteiger partial charge on any atom is -0.477 e. The average molecular weight is 379 g/mol. The van der Waals surface area contributed by atoms with Crippen LogP contribution in [0.5, 0.6) is 0 Å². The molecule has 0 radical (unpaired) electrons. The molecule has 2 aliphatic rings. The molecular formula is C15H13N3O3S3. The highest BCUT2D eigenvalue weighted by Gasteiger charge is 2.51. The van der Waals surface area contributed by atoms with E-state index in [1.165, 1.54) is 28.4 Å². The molecule has 1 aromatic heterocycles. The zero-order chi connectivity index (χ0) is 16.8. The second-order valence-corrected chi connectivity index (χ2v) is 8.79. The Hall–Kier alpha value is -1.55. The van der Waals surface area contributed by atoms with Crippen molar-refractivity contribution >= 4 is 57.0 Å². The number of carboxylic acid groups (broad SMARTS) is 1. The van der Waals surface area contributed by atoms with Crippen molar-refractivity contribution in [2.45, 2.75) is 15.8 Å². The molecule has 1 saturated heterocycles. The van der Waals surface area contributed by atoms with Crippen LogP contribution in [0.15, 0.2) is 39.9 Å². The molecule has 0 spiro atoms. The summed E-state index contributed by atoms with van der Waals surface area (Å²) in [7, 11) is 0. The molecular weight excluding hydrogens is 366 g/mol. The summed E-state index contributed by atoms with van der Waals surface area (Å²) < 4.78 is 2.00. The summed E-state index contributed by atoms with van der Waals surface area (Å²) in [5.41, 5.74) is 7.54. The molecule has 0 saturated carbocycles. The molecule has 3 heterocycles. The minimum absolute atomic E-state index is 0.0964. The fourth-order valence-corrected chi connectivity index (χ4v) is 6.25. The topological polar surface area (TPSA) is 96.5 Å². The standard InChI is InChI=1S/C15H13N3O3S3/c16-10-12(19)18-11(14(20)21)7(5-22-13(10)18)6-23-15-17-8-3-1-2-4-9(8)24-15/h1-4,10,13H,5-6,16H2,(H,20,21)/t10?,13-/m1/s1. The van der Waals surface area contributed by atoms with Gasteiger partial charge < -0.3 is 10.8 Å². The van der Waals surface area contributed by atoms with Crippen LogP contribution in [0.2, 0.25) is 0 Å². The van der Waals surface area contributed by atoms with Crippen LogP contribution in [0, 0.1) is 0 Å². The van der Waals surface area contributed by atoms with Gasteiger partial charge in [-0.25, -0.2) is 9.78 Å². The summed E-state index contributed by atoms with van der Waals surface area (Å²) in [5, 5.41) is 9.27. The van der Waals surface area contributed by atoms with Crippen molar-refractivity contribution in [1.29, 1.82) is 0 Å². The van der Waals surface area contributed by atoms with Crippen molar-refractivity contribution < 1.29 is 14.7 Å². The van der Waals surface area contributed by atoms with Gasteiger partial charge in [-0.05, 0) is 17.7 Å². The minimum atomic E-state index is -1.07. The molecule has 24 heavy (non-hydrogen) atoms. The summed E-state index contributed by atoms with van der Waals surface area (Å²) in [6.07, 6.45) is 0. The number of fused-ring (bicyclic) bond motifs is 2. The molecule has 1 amide bonds. The third-order valence-electron chi connectivity index (χ3n) is 3.94. The quantitative estimate of drug-likeness (QED) is 0.619. The summed E-state index contributed by atoms with van der Waals surface area (Å²) in [4.78, 5) is 29.4. The van der Waals surface area contributed by atoms with E-state index in [9.17, 15) is 14.7 Å². The number of aliphatic carboxylic acids is 1. The maximum atomic E-state index is 11.9. The average Bonchev–Trinajstić information content (AvgIpc) is 3.01. The number of amides is 1. The number of benzene rings is 1. The van der Waals surface area contributed by atoms with Gasteiger partial charge >= 0.3 is 5.97 Å². The molecule has 0 aliphatic carbocycles. The Morgan fingerprint density at radius 2 is 2.25 bits per heavy atom. The van der Waals surface area contributed by atoms with E-state index in [4.69, 9.17) is 5.73 Å². The number of nitrogens with two attached hydrogens (primary N) is 1. The number of nitrogens with zero attached hydrogens (tertiary/aromatic N) is 2. The van der Waals surface area contributed by atoms with Crippen LogP contribution in [0.3, 0.4) is 0 Å². The Morgan fingerprint density at radius 1 is 1.46 bits per heavy atom. The van der Waals surface area contributed by atoms with E-state index in [1.807, 2.05) is 24.3 Å². The first-order valence-electron chi connectivity index (χ1n) is 7.20. The monoisotopic (exact) mass is 379 g/mol. The molecule has 2 aliphatic heterocycles. The van der Waals surface area contributed by atoms with Crippen LogP contribution in [0.1, 0.15) is 0 Å². The van der Waals surface area contributed by atoms with Gasteiger partial charge in [0, 0.05) is 11.5 Å². The largest absolute Gasteiger partial charge is 0.477 e. The Kier molecular flexibility index (Phi) is 4.03. The van der Waals surface area contributed by atoms with Crippen LogP contribution in [0.25, 0.3) is 10.2 Å². The SMILES string of the molecule is NC1C(=O)N2C(C(=O)O)=C(CSc3nc4ccccc4s3)CS[C@H]12. The van der Waals surface area contributed by atoms with Crippen molar-refractivity contribution in [3.63, 3.8) is 0 Å². The van der Waals surface area contributed by atoms with Gasteiger partial charge in [-0.3, -0.25) is 9.69 Å². The van der Waals surface area contributed by atoms with Gasteiger partial charge in [-0.15, -0.1) is 23.1 Å². The second-order valence-electron chi connectivity index (χ2n) is 5.43. The zero-order valence-corrected chi connectivity index (χ0v) is 14.8. The molecule has 1 aromatic carbocycles. The number of para-hydroxylation sites is 1. The van der Waals surface area contributed by atoms with E-state index in [-0.39, 0.29) is 17.0 Å². The van der Waals surface area contributed by atoms with Crippen LogP contribution < -0.4 is 5.73 Å². The van der Waals surface area contributed by atoms with E-state index >= 15 is 0 Å². The number of carboxylic acids is 1. The van der Waals surface area contributed by atoms with Gasteiger partial charge in [-0.2, -0.15) is 0 Å². The van der Waals surface area contributed by atoms with Gasteiger partial charge in [0.25, 0.3) is 0 Å². The van der Waals surface area contributed by atoms with Crippen LogP contribution in [-0.2, 0) is 9.59 Å². The number of thioether (sulfide) groups is 2. The fraction of sp³-hybridized carbons (Fsp3) is 0.267. The van der Waals surface area contributed by atoms with E-state index in [2.05, 4.69) is 4.98 Å². The van der Waals surface area contributed by atoms with E-state index in [0.717, 1.165) is 20.1 Å². The number of rotatable bonds is 4. The van der Waals surface area contributed by atoms with Crippen LogP contribution in [0.4, 0.5) is 0 Å². The molecule has 6 nitrogen and oxygen atoms in total. The summed E-state index contributed by atoms with van der Waals surface area (Å²) >= 11 is 4.62. The smallest absolute Gasteiger partial charge is 0.352 e. The van der Waals surface area contributed by atoms with Gasteiger partial charge in [0.05, 0.1) is 10.2 Å². The number of hydrogen-bond acceptors (Lipinski definition) is 7. The summed E-state index contributed by atoms with van der Waals surface area (Å²) in [6.45, 7) is 0. The third kappa shape index (κ3) is 2.52. The van der Waals surface area contributed by atoms with Gasteiger partial charge in [0.2, 0.25) is 5.91 Å². The van der Waals surface area contributed by atoms with Crippen molar-refractivity contribution in [1.82, 2.24) is 9.88 Å². The predicted molar refractivity (Wildman–Crippen MR) is 96.1 cm³/mol. The lowest BCUT2D eigenvalue weighted by Crippen LogP contribution is -2.68. The van der Waals surface area contributed by atoms with Gasteiger partial charge in [0.15, 0.2) is 4.34 Å². The van der Waals surface area contributed by atoms with Crippen molar-refractivity contribution in [3.05, 3.63) is 35.5 Å². The first kappa shape index (κ1) is 15.9. The van der Waals surface area contributed by atoms with Crippen LogP contribution >= 0.6 is 34.9 Å². The van der Waals surface area contributed by atoms with Gasteiger partial charge in [0.1, 0.15) is 17.1 Å². The lowest BCUT2D eigenvalue weighted by Gasteiger charge is -2.48. The second kappa shape index (κ2) is 6.07. The summed E-state index contributed by atoms with van der Waals surface area (Å²) in [5.74, 6) is -0.311. The highest BCUT2D eigenvalue weighted by Crippen LogP contribution is 2.41. The normalized spacial score (nSPS) is 23.4. The number of aromatic nitrogens is 1. The predicted octanol–water partition coefficient (Wildman–Crippen LogP) is 1.97. The lowest BCUT2D eigenvalue weighted by atomic mass is 10.0. The van der Waals surface area contributed by atoms with Crippen molar-refractivity contribution in [3.8, 4) is 0 Å². The highest BCUT2D eigenvalue weighted by atomic mass is 32.2. The molecule has 2 atom stereocenters. The molecule has 0 bridgehead atoms. The number of carbonyl (C=O) groups excluding carboxylic acids is 1. The van der Waals surface area contributed by atoms with Crippen molar-refractivity contribution in [2.24, 2.45) is 5.73 Å². The zero-order valence-electron chi connectivity index (χ0n) is 12.3. The van der Waals surface area contributed by atoms with Crippen LogP contribution in [-0.4, -0.2) is 49.8 Å².